The summed E-state index contributed by atoms with van der Waals surface area (Å²) in [7, 11) is 0. The van der Waals surface area contributed by atoms with Gasteiger partial charge in [0.1, 0.15) is 5.56 Å². The van der Waals surface area contributed by atoms with E-state index in [9.17, 15) is 14.9 Å². The van der Waals surface area contributed by atoms with Gasteiger partial charge in [-0.3, -0.25) is 14.9 Å². The van der Waals surface area contributed by atoms with Crippen molar-refractivity contribution in [2.24, 2.45) is 0 Å². The van der Waals surface area contributed by atoms with Gasteiger partial charge in [0.15, 0.2) is 0 Å². The summed E-state index contributed by atoms with van der Waals surface area (Å²) in [6, 6.07) is 4.38. The molecule has 0 N–H and O–H groups in total. The molecule has 0 unspecified atom stereocenters. The molecule has 1 amide bonds. The lowest BCUT2D eigenvalue weighted by molar-refractivity contribution is -0.385. The lowest BCUT2D eigenvalue weighted by Crippen LogP contribution is -2.43. The van der Waals surface area contributed by atoms with Gasteiger partial charge in [-0.2, -0.15) is 0 Å². The molecule has 1 atom stereocenters. The van der Waals surface area contributed by atoms with Crippen LogP contribution in [0.3, 0.4) is 0 Å². The third-order valence-corrected chi connectivity index (χ3v) is 3.98. The van der Waals surface area contributed by atoms with Gasteiger partial charge < -0.3 is 4.90 Å². The smallest absolute Gasteiger partial charge is 0.283 e. The Morgan fingerprint density at radius 3 is 2.90 bits per heavy atom. The number of piperidine rings is 1. The number of amides is 1. The van der Waals surface area contributed by atoms with Crippen LogP contribution in [0.2, 0.25) is 5.02 Å². The van der Waals surface area contributed by atoms with Gasteiger partial charge in [-0.15, -0.1) is 0 Å². The average molecular weight is 297 g/mol. The SMILES string of the molecule is CC[C@H]1CCCCN1C(=O)c1ccc(Cl)cc1[N+](=O)[O-]. The summed E-state index contributed by atoms with van der Waals surface area (Å²) < 4.78 is 0. The summed E-state index contributed by atoms with van der Waals surface area (Å²) in [6.45, 7) is 2.70. The third-order valence-electron chi connectivity index (χ3n) is 3.75. The molecule has 6 heteroatoms. The van der Waals surface area contributed by atoms with E-state index >= 15 is 0 Å². The average Bonchev–Trinajstić information content (AvgIpc) is 2.46. The zero-order valence-corrected chi connectivity index (χ0v) is 12.1. The van der Waals surface area contributed by atoms with Gasteiger partial charge >= 0.3 is 0 Å². The number of carbonyl (C=O) groups excluding carboxylic acids is 1. The highest BCUT2D eigenvalue weighted by Crippen LogP contribution is 2.28. The summed E-state index contributed by atoms with van der Waals surface area (Å²) in [5.41, 5.74) is -0.0947. The fourth-order valence-corrected chi connectivity index (χ4v) is 2.85. The van der Waals surface area contributed by atoms with E-state index in [-0.39, 0.29) is 28.2 Å². The molecule has 1 aliphatic rings. The maximum absolute atomic E-state index is 12.6. The minimum absolute atomic E-state index is 0.125. The summed E-state index contributed by atoms with van der Waals surface area (Å²) >= 11 is 5.78. The Labute approximate surface area is 122 Å². The maximum atomic E-state index is 12.6. The minimum Gasteiger partial charge on any atom is -0.335 e. The zero-order valence-electron chi connectivity index (χ0n) is 11.3. The highest BCUT2D eigenvalue weighted by Gasteiger charge is 2.30. The van der Waals surface area contributed by atoms with E-state index in [0.717, 1.165) is 25.7 Å². The van der Waals surface area contributed by atoms with Gasteiger partial charge in [0, 0.05) is 23.7 Å². The van der Waals surface area contributed by atoms with Crippen LogP contribution < -0.4 is 0 Å². The van der Waals surface area contributed by atoms with Crippen LogP contribution in [0.4, 0.5) is 5.69 Å². The minimum atomic E-state index is -0.552. The van der Waals surface area contributed by atoms with E-state index in [0.29, 0.717) is 6.54 Å². The zero-order chi connectivity index (χ0) is 14.7. The molecule has 1 fully saturated rings. The highest BCUT2D eigenvalue weighted by atomic mass is 35.5. The molecule has 0 aromatic heterocycles. The molecule has 5 nitrogen and oxygen atoms in total. The number of likely N-dealkylation sites (tertiary alicyclic amines) is 1. The molecular formula is C14H17ClN2O3. The molecule has 0 spiro atoms. The van der Waals surface area contributed by atoms with Crippen molar-refractivity contribution < 1.29 is 9.72 Å². The second-order valence-corrected chi connectivity index (χ2v) is 5.41. The Hall–Kier alpha value is -1.62. The Morgan fingerprint density at radius 1 is 1.50 bits per heavy atom. The Bertz CT molecular complexity index is 533. The summed E-state index contributed by atoms with van der Waals surface area (Å²) in [6.07, 6.45) is 3.88. The number of hydrogen-bond acceptors (Lipinski definition) is 3. The summed E-state index contributed by atoms with van der Waals surface area (Å²) in [4.78, 5) is 24.9. The van der Waals surface area contributed by atoms with Crippen LogP contribution in [-0.2, 0) is 0 Å². The van der Waals surface area contributed by atoms with Crippen molar-refractivity contribution in [2.45, 2.75) is 38.6 Å². The normalized spacial score (nSPS) is 18.9. The number of nitro groups is 1. The van der Waals surface area contributed by atoms with E-state index in [1.165, 1.54) is 18.2 Å². The Kier molecular flexibility index (Phi) is 4.60. The molecule has 0 radical (unpaired) electrons. The van der Waals surface area contributed by atoms with Crippen molar-refractivity contribution >= 4 is 23.2 Å². The van der Waals surface area contributed by atoms with Crippen LogP contribution >= 0.6 is 11.6 Å². The lowest BCUT2D eigenvalue weighted by atomic mass is 9.98. The fourth-order valence-electron chi connectivity index (χ4n) is 2.68. The first-order valence-corrected chi connectivity index (χ1v) is 7.17. The quantitative estimate of drug-likeness (QED) is 0.631. The first kappa shape index (κ1) is 14.8. The number of halogens is 1. The first-order valence-electron chi connectivity index (χ1n) is 6.79. The van der Waals surface area contributed by atoms with E-state index in [4.69, 9.17) is 11.6 Å². The highest BCUT2D eigenvalue weighted by molar-refractivity contribution is 6.31. The molecule has 1 aromatic carbocycles. The van der Waals surface area contributed by atoms with Crippen LogP contribution in [0.5, 0.6) is 0 Å². The van der Waals surface area contributed by atoms with Crippen molar-refractivity contribution in [3.63, 3.8) is 0 Å². The second-order valence-electron chi connectivity index (χ2n) is 4.97. The van der Waals surface area contributed by atoms with Crippen molar-refractivity contribution in [3.05, 3.63) is 38.9 Å². The van der Waals surface area contributed by atoms with Gasteiger partial charge in [-0.25, -0.2) is 0 Å². The van der Waals surface area contributed by atoms with Crippen molar-refractivity contribution in [2.75, 3.05) is 6.54 Å². The lowest BCUT2D eigenvalue weighted by Gasteiger charge is -2.35. The predicted octanol–water partition coefficient (Wildman–Crippen LogP) is 3.65. The largest absolute Gasteiger partial charge is 0.335 e. The van der Waals surface area contributed by atoms with Crippen LogP contribution in [0.15, 0.2) is 18.2 Å². The molecule has 20 heavy (non-hydrogen) atoms. The summed E-state index contributed by atoms with van der Waals surface area (Å²) in [5.74, 6) is -0.264. The number of rotatable bonds is 3. The molecule has 2 rings (SSSR count). The first-order chi connectivity index (χ1) is 9.54. The van der Waals surface area contributed by atoms with Crippen LogP contribution in [0.1, 0.15) is 43.0 Å². The van der Waals surface area contributed by atoms with Crippen molar-refractivity contribution in [1.82, 2.24) is 4.90 Å². The molecule has 108 valence electrons. The van der Waals surface area contributed by atoms with E-state index < -0.39 is 4.92 Å². The van der Waals surface area contributed by atoms with Crippen molar-refractivity contribution in [1.29, 1.82) is 0 Å². The van der Waals surface area contributed by atoms with Gasteiger partial charge in [-0.05, 0) is 37.8 Å². The number of nitrogens with zero attached hydrogens (tertiary/aromatic N) is 2. The topological polar surface area (TPSA) is 63.5 Å². The number of nitro benzene ring substituents is 1. The molecule has 0 aliphatic carbocycles. The number of carbonyl (C=O) groups is 1. The molecule has 1 heterocycles. The monoisotopic (exact) mass is 296 g/mol. The summed E-state index contributed by atoms with van der Waals surface area (Å²) in [5, 5.41) is 11.4. The molecular weight excluding hydrogens is 280 g/mol. The van der Waals surface area contributed by atoms with E-state index in [1.807, 2.05) is 6.92 Å². The third kappa shape index (κ3) is 2.93. The van der Waals surface area contributed by atoms with Gasteiger partial charge in [-0.1, -0.05) is 18.5 Å². The maximum Gasteiger partial charge on any atom is 0.283 e. The molecule has 1 aliphatic heterocycles. The Morgan fingerprint density at radius 2 is 2.25 bits per heavy atom. The van der Waals surface area contributed by atoms with Crippen LogP contribution in [0, 0.1) is 10.1 Å². The van der Waals surface area contributed by atoms with Gasteiger partial charge in [0.25, 0.3) is 11.6 Å². The van der Waals surface area contributed by atoms with Crippen LogP contribution in [-0.4, -0.2) is 28.3 Å². The van der Waals surface area contributed by atoms with Gasteiger partial charge in [0.2, 0.25) is 0 Å². The fraction of sp³-hybridized carbons (Fsp3) is 0.500. The molecule has 1 saturated heterocycles. The molecule has 0 bridgehead atoms. The number of benzene rings is 1. The Balaban J connectivity index is 2.35. The standard InChI is InChI=1S/C14H17ClN2O3/c1-2-11-5-3-4-8-16(11)14(18)12-7-6-10(15)9-13(12)17(19)20/h6-7,9,11H,2-5,8H2,1H3/t11-/m0/s1. The van der Waals surface area contributed by atoms with E-state index in [1.54, 1.807) is 4.90 Å². The molecule has 0 saturated carbocycles. The van der Waals surface area contributed by atoms with Crippen molar-refractivity contribution in [3.8, 4) is 0 Å². The number of hydrogen-bond donors (Lipinski definition) is 0. The molecule has 1 aromatic rings. The van der Waals surface area contributed by atoms with Gasteiger partial charge in [0.05, 0.1) is 4.92 Å². The predicted molar refractivity (Wildman–Crippen MR) is 77.1 cm³/mol. The second kappa shape index (κ2) is 6.22. The van der Waals surface area contributed by atoms with E-state index in [2.05, 4.69) is 0 Å². The van der Waals surface area contributed by atoms with Crippen LogP contribution in [0.25, 0.3) is 0 Å².